The van der Waals surface area contributed by atoms with Crippen molar-refractivity contribution < 1.29 is 13.9 Å². The summed E-state index contributed by atoms with van der Waals surface area (Å²) in [6.07, 6.45) is 1.26. The second-order valence-corrected chi connectivity index (χ2v) is 3.71. The third-order valence-electron chi connectivity index (χ3n) is 2.27. The first-order chi connectivity index (χ1) is 9.29. The van der Waals surface area contributed by atoms with Crippen LogP contribution < -0.4 is 11.1 Å². The fraction of sp³-hybridized carbons (Fsp3) is 0.250. The van der Waals surface area contributed by atoms with Crippen molar-refractivity contribution in [2.75, 3.05) is 25.1 Å². The maximum Gasteiger partial charge on any atom is 0.250 e. The van der Waals surface area contributed by atoms with E-state index in [1.807, 2.05) is 0 Å². The molecule has 0 atom stereocenters. The maximum absolute atomic E-state index is 11.5. The van der Waals surface area contributed by atoms with Crippen LogP contribution in [0.1, 0.15) is 0 Å². The monoisotopic (exact) mass is 262 g/mol. The van der Waals surface area contributed by atoms with Crippen LogP contribution in [0.2, 0.25) is 0 Å². The normalized spacial score (nSPS) is 10.4. The number of nitrogens with zero attached hydrogens (tertiary/aromatic N) is 2. The minimum Gasteiger partial charge on any atom is -0.423 e. The molecule has 1 amide bonds. The number of nitrogens with one attached hydrogen (secondary N) is 1. The summed E-state index contributed by atoms with van der Waals surface area (Å²) in [7, 11) is 0. The van der Waals surface area contributed by atoms with Crippen molar-refractivity contribution >= 4 is 11.6 Å². The first-order valence-corrected chi connectivity index (χ1v) is 5.74. The van der Waals surface area contributed by atoms with Crippen molar-refractivity contribution in [1.82, 2.24) is 10.2 Å². The summed E-state index contributed by atoms with van der Waals surface area (Å²) in [5.74, 6) is 0.211. The molecule has 1 aromatic carbocycles. The highest BCUT2D eigenvalue weighted by Crippen LogP contribution is 2.18. The molecule has 0 saturated heterocycles. The Morgan fingerprint density at radius 2 is 2.16 bits per heavy atom. The number of carbonyl (C=O) groups is 1. The van der Waals surface area contributed by atoms with Gasteiger partial charge in [0.05, 0.1) is 6.61 Å². The Morgan fingerprint density at radius 3 is 2.79 bits per heavy atom. The van der Waals surface area contributed by atoms with Crippen molar-refractivity contribution in [3.63, 3.8) is 0 Å². The lowest BCUT2D eigenvalue weighted by molar-refractivity contribution is -0.120. The number of nitrogens with two attached hydrogens (primary N) is 1. The van der Waals surface area contributed by atoms with Gasteiger partial charge in [-0.05, 0) is 24.3 Å². The molecule has 0 aliphatic carbocycles. The van der Waals surface area contributed by atoms with Crippen molar-refractivity contribution in [2.45, 2.75) is 0 Å². The van der Waals surface area contributed by atoms with Gasteiger partial charge in [0.25, 0.3) is 0 Å². The van der Waals surface area contributed by atoms with Gasteiger partial charge in [0.15, 0.2) is 0 Å². The third-order valence-corrected chi connectivity index (χ3v) is 2.27. The predicted octanol–water partition coefficient (Wildman–Crippen LogP) is 0.650. The number of aromatic nitrogens is 2. The summed E-state index contributed by atoms with van der Waals surface area (Å²) in [6.45, 7) is 0.748. The van der Waals surface area contributed by atoms with Gasteiger partial charge >= 0.3 is 0 Å². The van der Waals surface area contributed by atoms with Gasteiger partial charge in [-0.1, -0.05) is 0 Å². The molecule has 0 aliphatic rings. The maximum atomic E-state index is 11.5. The average molecular weight is 262 g/mol. The number of amides is 1. The van der Waals surface area contributed by atoms with Crippen LogP contribution in [-0.4, -0.2) is 35.9 Å². The highest BCUT2D eigenvalue weighted by atomic mass is 16.5. The lowest BCUT2D eigenvalue weighted by atomic mass is 10.2. The Bertz CT molecular complexity index is 510. The first kappa shape index (κ1) is 13.2. The Labute approximate surface area is 109 Å². The zero-order valence-electron chi connectivity index (χ0n) is 10.2. The first-order valence-electron chi connectivity index (χ1n) is 5.74. The summed E-state index contributed by atoms with van der Waals surface area (Å²) < 4.78 is 10.1. The molecule has 0 saturated carbocycles. The summed E-state index contributed by atoms with van der Waals surface area (Å²) in [4.78, 5) is 11.5. The highest BCUT2D eigenvalue weighted by molar-refractivity contribution is 5.91. The van der Waals surface area contributed by atoms with Crippen molar-refractivity contribution in [3.05, 3.63) is 30.7 Å². The third kappa shape index (κ3) is 3.87. The van der Waals surface area contributed by atoms with Gasteiger partial charge in [-0.3, -0.25) is 4.79 Å². The largest absolute Gasteiger partial charge is 0.423 e. The molecule has 0 spiro atoms. The molecule has 1 heterocycles. The zero-order valence-corrected chi connectivity index (χ0v) is 10.2. The molecule has 0 aliphatic heterocycles. The number of hydrogen-bond donors (Lipinski definition) is 2. The molecule has 2 rings (SSSR count). The predicted molar refractivity (Wildman–Crippen MR) is 68.2 cm³/mol. The minimum absolute atomic E-state index is 0.0113. The number of benzene rings is 1. The van der Waals surface area contributed by atoms with E-state index in [1.165, 1.54) is 6.39 Å². The second kappa shape index (κ2) is 6.62. The number of hydrogen-bond acceptors (Lipinski definition) is 6. The number of ether oxygens (including phenoxy) is 1. The topological polar surface area (TPSA) is 103 Å². The molecule has 0 fully saturated rings. The lowest BCUT2D eigenvalue weighted by Crippen LogP contribution is -2.20. The van der Waals surface area contributed by atoms with Crippen LogP contribution in [0.3, 0.4) is 0 Å². The van der Waals surface area contributed by atoms with Crippen LogP contribution in [0.4, 0.5) is 5.69 Å². The summed E-state index contributed by atoms with van der Waals surface area (Å²) >= 11 is 0. The molecular formula is C12H14N4O3. The van der Waals surface area contributed by atoms with Gasteiger partial charge < -0.3 is 20.2 Å². The van der Waals surface area contributed by atoms with Crippen molar-refractivity contribution in [1.29, 1.82) is 0 Å². The van der Waals surface area contributed by atoms with Crippen molar-refractivity contribution in [3.8, 4) is 11.5 Å². The van der Waals surface area contributed by atoms with Crippen LogP contribution in [-0.2, 0) is 9.53 Å². The van der Waals surface area contributed by atoms with Gasteiger partial charge in [-0.2, -0.15) is 0 Å². The Balaban J connectivity index is 1.90. The van der Waals surface area contributed by atoms with Gasteiger partial charge in [-0.15, -0.1) is 10.2 Å². The summed E-state index contributed by atoms with van der Waals surface area (Å²) in [6, 6.07) is 7.06. The molecule has 3 N–H and O–H groups in total. The quantitative estimate of drug-likeness (QED) is 0.741. The van der Waals surface area contributed by atoms with Crippen LogP contribution >= 0.6 is 0 Å². The van der Waals surface area contributed by atoms with E-state index < -0.39 is 0 Å². The van der Waals surface area contributed by atoms with E-state index in [2.05, 4.69) is 15.5 Å². The molecule has 7 nitrogen and oxygen atoms in total. The van der Waals surface area contributed by atoms with E-state index in [-0.39, 0.29) is 12.5 Å². The molecule has 0 radical (unpaired) electrons. The van der Waals surface area contributed by atoms with Crippen LogP contribution in [0.25, 0.3) is 11.5 Å². The van der Waals surface area contributed by atoms with Gasteiger partial charge in [0.2, 0.25) is 18.2 Å². The molecule has 0 bridgehead atoms. The fourth-order valence-corrected chi connectivity index (χ4v) is 1.44. The Kier molecular flexibility index (Phi) is 4.60. The molecular weight excluding hydrogens is 248 g/mol. The van der Waals surface area contributed by atoms with E-state index in [0.29, 0.717) is 24.7 Å². The molecule has 1 aromatic heterocycles. The van der Waals surface area contributed by atoms with Crippen LogP contribution in [0, 0.1) is 0 Å². The zero-order chi connectivity index (χ0) is 13.5. The molecule has 2 aromatic rings. The molecule has 7 heteroatoms. The standard InChI is InChI=1S/C12H14N4O3/c13-5-6-18-7-11(17)15-10-3-1-9(2-4-10)12-16-14-8-19-12/h1-4,8H,5-7,13H2,(H,15,17). The van der Waals surface area contributed by atoms with Crippen LogP contribution in [0.15, 0.2) is 35.1 Å². The Morgan fingerprint density at radius 1 is 1.37 bits per heavy atom. The number of anilines is 1. The summed E-state index contributed by atoms with van der Waals surface area (Å²) in [5, 5.41) is 10.1. The molecule has 0 unspecified atom stereocenters. The molecule has 19 heavy (non-hydrogen) atoms. The SMILES string of the molecule is NCCOCC(=O)Nc1ccc(-c2nnco2)cc1. The van der Waals surface area contributed by atoms with Crippen molar-refractivity contribution in [2.24, 2.45) is 5.73 Å². The lowest BCUT2D eigenvalue weighted by Gasteiger charge is -2.05. The number of rotatable bonds is 6. The van der Waals surface area contributed by atoms with E-state index in [9.17, 15) is 4.79 Å². The fourth-order valence-electron chi connectivity index (χ4n) is 1.44. The van der Waals surface area contributed by atoms with E-state index >= 15 is 0 Å². The highest BCUT2D eigenvalue weighted by Gasteiger charge is 2.05. The minimum atomic E-state index is -0.223. The van der Waals surface area contributed by atoms with Gasteiger partial charge in [0.1, 0.15) is 6.61 Å². The van der Waals surface area contributed by atoms with E-state index in [0.717, 1.165) is 5.56 Å². The van der Waals surface area contributed by atoms with E-state index in [1.54, 1.807) is 24.3 Å². The van der Waals surface area contributed by atoms with Gasteiger partial charge in [-0.25, -0.2) is 0 Å². The smallest absolute Gasteiger partial charge is 0.250 e. The Hall–Kier alpha value is -2.25. The average Bonchev–Trinajstić information content (AvgIpc) is 2.94. The van der Waals surface area contributed by atoms with Crippen LogP contribution in [0.5, 0.6) is 0 Å². The second-order valence-electron chi connectivity index (χ2n) is 3.71. The summed E-state index contributed by atoms with van der Waals surface area (Å²) in [5.41, 5.74) is 6.71. The van der Waals surface area contributed by atoms with Gasteiger partial charge in [0, 0.05) is 17.8 Å². The van der Waals surface area contributed by atoms with E-state index in [4.69, 9.17) is 14.9 Å². The number of carbonyl (C=O) groups excluding carboxylic acids is 1. The molecule has 100 valence electrons.